The van der Waals surface area contributed by atoms with Crippen molar-refractivity contribution in [3.05, 3.63) is 78.4 Å². The summed E-state index contributed by atoms with van der Waals surface area (Å²) in [4.78, 5) is 14.7. The molecule has 1 saturated heterocycles. The molecule has 2 aromatic carbocycles. The summed E-state index contributed by atoms with van der Waals surface area (Å²) in [5, 5.41) is 5.75. The van der Waals surface area contributed by atoms with Crippen molar-refractivity contribution >= 4 is 22.4 Å². The minimum atomic E-state index is 0.0286. The van der Waals surface area contributed by atoms with Gasteiger partial charge in [0, 0.05) is 36.8 Å². The number of anilines is 1. The van der Waals surface area contributed by atoms with Crippen LogP contribution in [0.5, 0.6) is 0 Å². The van der Waals surface area contributed by atoms with Crippen LogP contribution in [0.1, 0.15) is 19.8 Å². The van der Waals surface area contributed by atoms with Gasteiger partial charge in [0.2, 0.25) is 5.91 Å². The standard InChI is InChI=1S/C27H30N2O/c1-19-7-2-3-8-20(19)13-14-27(30)28-16-15-23-24-17-29(18-25(23)24)26-12-6-10-21-9-4-5-11-22(21)26/h2-6,8-14,19,23-25H,7,15-18H2,1H3,(H,28,30)/b14-13+/t19?,23?,24-,25+. The minimum absolute atomic E-state index is 0.0286. The summed E-state index contributed by atoms with van der Waals surface area (Å²) in [5.41, 5.74) is 2.61. The Bertz CT molecular complexity index is 1020. The Morgan fingerprint density at radius 3 is 2.77 bits per heavy atom. The third-order valence-corrected chi connectivity index (χ3v) is 7.17. The number of nitrogens with zero attached hydrogens (tertiary/aromatic N) is 1. The molecule has 0 aromatic heterocycles. The highest BCUT2D eigenvalue weighted by atomic mass is 16.1. The monoisotopic (exact) mass is 398 g/mol. The van der Waals surface area contributed by atoms with Crippen LogP contribution in [0, 0.1) is 23.7 Å². The normalized spacial score (nSPS) is 27.4. The lowest BCUT2D eigenvalue weighted by Gasteiger charge is -2.23. The number of benzene rings is 2. The van der Waals surface area contributed by atoms with Crippen LogP contribution >= 0.6 is 0 Å². The van der Waals surface area contributed by atoms with Gasteiger partial charge >= 0.3 is 0 Å². The number of hydrogen-bond acceptors (Lipinski definition) is 2. The maximum absolute atomic E-state index is 12.2. The second kappa shape index (κ2) is 8.14. The van der Waals surface area contributed by atoms with Crippen LogP contribution in [-0.4, -0.2) is 25.5 Å². The van der Waals surface area contributed by atoms with Crippen molar-refractivity contribution in [2.75, 3.05) is 24.5 Å². The van der Waals surface area contributed by atoms with Crippen LogP contribution in [0.3, 0.4) is 0 Å². The third-order valence-electron chi connectivity index (χ3n) is 7.17. The molecule has 2 aliphatic carbocycles. The number of amides is 1. The molecule has 1 aliphatic heterocycles. The summed E-state index contributed by atoms with van der Waals surface area (Å²) < 4.78 is 0. The smallest absolute Gasteiger partial charge is 0.243 e. The summed E-state index contributed by atoms with van der Waals surface area (Å²) in [6, 6.07) is 15.3. The fourth-order valence-corrected chi connectivity index (χ4v) is 5.33. The van der Waals surface area contributed by atoms with Crippen molar-refractivity contribution in [2.45, 2.75) is 19.8 Å². The summed E-state index contributed by atoms with van der Waals surface area (Å²) in [6.07, 6.45) is 12.2. The summed E-state index contributed by atoms with van der Waals surface area (Å²) in [5.74, 6) is 2.87. The van der Waals surface area contributed by atoms with E-state index in [1.807, 2.05) is 6.08 Å². The van der Waals surface area contributed by atoms with Crippen LogP contribution in [0.2, 0.25) is 0 Å². The molecule has 2 unspecified atom stereocenters. The fraction of sp³-hybridized carbons (Fsp3) is 0.370. The van der Waals surface area contributed by atoms with Gasteiger partial charge in [-0.15, -0.1) is 0 Å². The molecule has 0 bridgehead atoms. The van der Waals surface area contributed by atoms with E-state index >= 15 is 0 Å². The van der Waals surface area contributed by atoms with Gasteiger partial charge < -0.3 is 10.2 Å². The summed E-state index contributed by atoms with van der Waals surface area (Å²) >= 11 is 0. The van der Waals surface area contributed by atoms with Gasteiger partial charge in [-0.2, -0.15) is 0 Å². The molecule has 2 aromatic rings. The quantitative estimate of drug-likeness (QED) is 0.686. The zero-order valence-electron chi connectivity index (χ0n) is 17.6. The zero-order chi connectivity index (χ0) is 20.5. The molecular formula is C27H30N2O. The van der Waals surface area contributed by atoms with Crippen molar-refractivity contribution in [3.63, 3.8) is 0 Å². The summed E-state index contributed by atoms with van der Waals surface area (Å²) in [7, 11) is 0. The van der Waals surface area contributed by atoms with Crippen LogP contribution in [0.15, 0.2) is 78.4 Å². The first-order valence-corrected chi connectivity index (χ1v) is 11.3. The Balaban J connectivity index is 1.09. The molecule has 1 N–H and O–H groups in total. The van der Waals surface area contributed by atoms with Gasteiger partial charge in [-0.1, -0.05) is 67.6 Å². The van der Waals surface area contributed by atoms with E-state index in [0.29, 0.717) is 5.92 Å². The highest BCUT2D eigenvalue weighted by molar-refractivity contribution is 5.94. The number of hydrogen-bond donors (Lipinski definition) is 1. The van der Waals surface area contributed by atoms with E-state index in [-0.39, 0.29) is 5.91 Å². The number of nitrogens with one attached hydrogen (secondary N) is 1. The molecule has 1 saturated carbocycles. The molecule has 5 rings (SSSR count). The maximum atomic E-state index is 12.2. The molecule has 3 aliphatic rings. The lowest BCUT2D eigenvalue weighted by atomic mass is 9.93. The topological polar surface area (TPSA) is 32.3 Å². The van der Waals surface area contributed by atoms with Crippen LogP contribution in [0.25, 0.3) is 10.8 Å². The van der Waals surface area contributed by atoms with E-state index in [4.69, 9.17) is 0 Å². The Hall–Kier alpha value is -2.81. The van der Waals surface area contributed by atoms with Crippen molar-refractivity contribution in [2.24, 2.45) is 23.7 Å². The predicted molar refractivity (Wildman–Crippen MR) is 124 cm³/mol. The fourth-order valence-electron chi connectivity index (χ4n) is 5.33. The van der Waals surface area contributed by atoms with Crippen molar-refractivity contribution < 1.29 is 4.79 Å². The average Bonchev–Trinajstić information content (AvgIpc) is 3.21. The second-order valence-corrected chi connectivity index (χ2v) is 9.04. The van der Waals surface area contributed by atoms with Gasteiger partial charge in [-0.25, -0.2) is 0 Å². The second-order valence-electron chi connectivity index (χ2n) is 9.04. The van der Waals surface area contributed by atoms with Crippen molar-refractivity contribution in [1.82, 2.24) is 5.32 Å². The lowest BCUT2D eigenvalue weighted by Crippen LogP contribution is -2.26. The van der Waals surface area contributed by atoms with Gasteiger partial charge in [0.05, 0.1) is 0 Å². The molecule has 1 heterocycles. The van der Waals surface area contributed by atoms with E-state index < -0.39 is 0 Å². The average molecular weight is 399 g/mol. The molecule has 3 heteroatoms. The van der Waals surface area contributed by atoms with Gasteiger partial charge in [0.1, 0.15) is 0 Å². The van der Waals surface area contributed by atoms with E-state index in [9.17, 15) is 4.79 Å². The molecule has 0 spiro atoms. The maximum Gasteiger partial charge on any atom is 0.243 e. The zero-order valence-corrected chi connectivity index (χ0v) is 17.6. The Morgan fingerprint density at radius 2 is 1.93 bits per heavy atom. The molecule has 154 valence electrons. The first-order chi connectivity index (χ1) is 14.7. The van der Waals surface area contributed by atoms with E-state index in [1.54, 1.807) is 6.08 Å². The highest BCUT2D eigenvalue weighted by Crippen LogP contribution is 2.54. The molecule has 4 atom stereocenters. The van der Waals surface area contributed by atoms with Gasteiger partial charge in [-0.3, -0.25) is 4.79 Å². The van der Waals surface area contributed by atoms with Gasteiger partial charge in [0.15, 0.2) is 0 Å². The SMILES string of the molecule is CC1CC=CC=C1/C=C/C(=O)NCCC1[C@H]2CN(c3cccc4ccccc34)C[C@@H]12. The first-order valence-electron chi connectivity index (χ1n) is 11.3. The molecule has 0 radical (unpaired) electrons. The molecule has 2 fully saturated rings. The first kappa shape index (κ1) is 19.2. The number of rotatable bonds is 6. The Kier molecular flexibility index (Phi) is 5.20. The number of carbonyl (C=O) groups is 1. The number of carbonyl (C=O) groups excluding carboxylic acids is 1. The van der Waals surface area contributed by atoms with Crippen LogP contribution < -0.4 is 10.2 Å². The summed E-state index contributed by atoms with van der Waals surface area (Å²) in [6.45, 7) is 5.28. The predicted octanol–water partition coefficient (Wildman–Crippen LogP) is 5.11. The third kappa shape index (κ3) is 3.81. The van der Waals surface area contributed by atoms with E-state index in [2.05, 4.69) is 77.8 Å². The molecule has 3 nitrogen and oxygen atoms in total. The van der Waals surface area contributed by atoms with Crippen molar-refractivity contribution in [1.29, 1.82) is 0 Å². The highest BCUT2D eigenvalue weighted by Gasteiger charge is 2.54. The van der Waals surface area contributed by atoms with Gasteiger partial charge in [-0.05, 0) is 53.5 Å². The Morgan fingerprint density at radius 1 is 1.13 bits per heavy atom. The lowest BCUT2D eigenvalue weighted by molar-refractivity contribution is -0.116. The molecule has 1 amide bonds. The molecule has 30 heavy (non-hydrogen) atoms. The number of allylic oxidation sites excluding steroid dienone is 5. The Labute approximate surface area is 179 Å². The molecular weight excluding hydrogens is 368 g/mol. The van der Waals surface area contributed by atoms with Crippen LogP contribution in [-0.2, 0) is 4.79 Å². The van der Waals surface area contributed by atoms with E-state index in [1.165, 1.54) is 22.0 Å². The van der Waals surface area contributed by atoms with E-state index in [0.717, 1.165) is 50.2 Å². The van der Waals surface area contributed by atoms with Crippen LogP contribution in [0.4, 0.5) is 5.69 Å². The minimum Gasteiger partial charge on any atom is -0.370 e. The van der Waals surface area contributed by atoms with Gasteiger partial charge in [0.25, 0.3) is 0 Å². The van der Waals surface area contributed by atoms with Crippen molar-refractivity contribution in [3.8, 4) is 0 Å². The number of piperidine rings is 1. The number of fused-ring (bicyclic) bond motifs is 2. The largest absolute Gasteiger partial charge is 0.370 e.